The van der Waals surface area contributed by atoms with Crippen LogP contribution in [0.5, 0.6) is 5.75 Å². The molecule has 0 amide bonds. The van der Waals surface area contributed by atoms with E-state index in [0.717, 1.165) is 17.8 Å². The number of fused-ring (bicyclic) bond motifs is 1. The van der Waals surface area contributed by atoms with Crippen LogP contribution in [0.25, 0.3) is 10.9 Å². The van der Waals surface area contributed by atoms with E-state index in [1.54, 1.807) is 31.2 Å². The molecule has 3 rings (SSSR count). The van der Waals surface area contributed by atoms with Crippen molar-refractivity contribution < 1.29 is 23.0 Å². The smallest absolute Gasteiger partial charge is 0.343 e. The van der Waals surface area contributed by atoms with Crippen LogP contribution < -0.4 is 10.2 Å². The molecule has 0 fully saturated rings. The van der Waals surface area contributed by atoms with Crippen molar-refractivity contribution in [1.82, 2.24) is 4.98 Å². The summed E-state index contributed by atoms with van der Waals surface area (Å²) in [6.45, 7) is 1.64. The van der Waals surface area contributed by atoms with Gasteiger partial charge in [-0.1, -0.05) is 12.1 Å². The molecule has 0 unspecified atom stereocenters. The van der Waals surface area contributed by atoms with Gasteiger partial charge in [-0.3, -0.25) is 4.79 Å². The van der Waals surface area contributed by atoms with E-state index in [-0.39, 0.29) is 29.7 Å². The summed E-state index contributed by atoms with van der Waals surface area (Å²) in [5.41, 5.74) is -0.772. The van der Waals surface area contributed by atoms with Crippen molar-refractivity contribution in [2.24, 2.45) is 0 Å². The van der Waals surface area contributed by atoms with Crippen molar-refractivity contribution in [3.8, 4) is 5.75 Å². The number of nitrogens with one attached hydrogen (secondary N) is 1. The Morgan fingerprint density at radius 1 is 1.22 bits per heavy atom. The molecule has 0 radical (unpaired) electrons. The normalized spacial score (nSPS) is 10.8. The highest BCUT2D eigenvalue weighted by atomic mass is 19.1. The molecule has 0 atom stereocenters. The van der Waals surface area contributed by atoms with Crippen LogP contribution in [0.1, 0.15) is 28.4 Å². The number of carbonyl (C=O) groups excluding carboxylic acids is 1. The van der Waals surface area contributed by atoms with Crippen LogP contribution in [0.2, 0.25) is 0 Å². The van der Waals surface area contributed by atoms with Crippen molar-refractivity contribution in [3.05, 3.63) is 75.1 Å². The number of esters is 1. The van der Waals surface area contributed by atoms with Gasteiger partial charge in [0, 0.05) is 12.6 Å². The lowest BCUT2D eigenvalue weighted by Gasteiger charge is -2.10. The molecule has 1 heterocycles. The largest absolute Gasteiger partial charge is 0.497 e. The average molecular weight is 373 g/mol. The third-order valence-electron chi connectivity index (χ3n) is 4.15. The highest BCUT2D eigenvalue weighted by Gasteiger charge is 2.20. The molecule has 140 valence electrons. The van der Waals surface area contributed by atoms with Crippen LogP contribution in [0, 0.1) is 11.6 Å². The number of carbonyl (C=O) groups is 1. The summed E-state index contributed by atoms with van der Waals surface area (Å²) in [5, 5.41) is -0.507. The van der Waals surface area contributed by atoms with E-state index in [0.29, 0.717) is 5.75 Å². The Kier molecular flexibility index (Phi) is 5.21. The van der Waals surface area contributed by atoms with Crippen molar-refractivity contribution in [2.75, 3.05) is 13.7 Å². The van der Waals surface area contributed by atoms with Gasteiger partial charge in [0.05, 0.1) is 24.6 Å². The van der Waals surface area contributed by atoms with Crippen molar-refractivity contribution in [3.63, 3.8) is 0 Å². The molecule has 0 aliphatic heterocycles. The predicted octanol–water partition coefficient (Wildman–Crippen LogP) is 3.58. The Balaban J connectivity index is 2.10. The van der Waals surface area contributed by atoms with Gasteiger partial charge in [0.1, 0.15) is 17.1 Å². The van der Waals surface area contributed by atoms with Crippen molar-refractivity contribution in [1.29, 1.82) is 0 Å². The molecule has 1 N–H and O–H groups in total. The Labute approximate surface area is 153 Å². The van der Waals surface area contributed by atoms with Crippen molar-refractivity contribution >= 4 is 16.9 Å². The van der Waals surface area contributed by atoms with Gasteiger partial charge in [0.2, 0.25) is 5.43 Å². The van der Waals surface area contributed by atoms with Gasteiger partial charge in [-0.25, -0.2) is 13.6 Å². The molecule has 0 aliphatic rings. The molecule has 0 saturated carbocycles. The molecular weight excluding hydrogens is 356 g/mol. The van der Waals surface area contributed by atoms with Gasteiger partial charge in [0.25, 0.3) is 0 Å². The lowest BCUT2D eigenvalue weighted by Crippen LogP contribution is -2.19. The van der Waals surface area contributed by atoms with E-state index in [9.17, 15) is 18.4 Å². The van der Waals surface area contributed by atoms with Crippen LogP contribution in [-0.4, -0.2) is 24.7 Å². The number of halogens is 2. The van der Waals surface area contributed by atoms with Crippen molar-refractivity contribution in [2.45, 2.75) is 13.3 Å². The van der Waals surface area contributed by atoms with Gasteiger partial charge < -0.3 is 14.5 Å². The summed E-state index contributed by atoms with van der Waals surface area (Å²) < 4.78 is 39.4. The molecule has 3 aromatic rings. The molecule has 5 nitrogen and oxygen atoms in total. The molecule has 2 aromatic carbocycles. The van der Waals surface area contributed by atoms with Gasteiger partial charge in [-0.05, 0) is 36.2 Å². The SMILES string of the molecule is CCOC(=O)c1c[nH]c2c(F)c(Cc3cccc(OC)c3)cc(F)c2c1=O. The zero-order valence-corrected chi connectivity index (χ0v) is 14.8. The Bertz CT molecular complexity index is 1080. The molecule has 27 heavy (non-hydrogen) atoms. The summed E-state index contributed by atoms with van der Waals surface area (Å²) in [4.78, 5) is 26.7. The van der Waals surface area contributed by atoms with E-state index in [1.165, 1.54) is 7.11 Å². The summed E-state index contributed by atoms with van der Waals surface area (Å²) in [6, 6.07) is 7.94. The van der Waals surface area contributed by atoms with Gasteiger partial charge >= 0.3 is 5.97 Å². The number of hydrogen-bond acceptors (Lipinski definition) is 4. The summed E-state index contributed by atoms with van der Waals surface area (Å²) >= 11 is 0. The van der Waals surface area contributed by atoms with Gasteiger partial charge in [-0.2, -0.15) is 0 Å². The summed E-state index contributed by atoms with van der Waals surface area (Å²) in [7, 11) is 1.52. The third-order valence-corrected chi connectivity index (χ3v) is 4.15. The topological polar surface area (TPSA) is 68.4 Å². The number of methoxy groups -OCH3 is 1. The number of benzene rings is 2. The maximum absolute atomic E-state index is 14.9. The van der Waals surface area contributed by atoms with E-state index in [1.807, 2.05) is 0 Å². The highest BCUT2D eigenvalue weighted by molar-refractivity contribution is 5.94. The zero-order valence-electron chi connectivity index (χ0n) is 14.8. The second-order valence-electron chi connectivity index (χ2n) is 5.86. The third kappa shape index (κ3) is 3.53. The van der Waals surface area contributed by atoms with E-state index in [2.05, 4.69) is 4.98 Å². The fourth-order valence-electron chi connectivity index (χ4n) is 2.87. The Hall–Kier alpha value is -3.22. The minimum Gasteiger partial charge on any atom is -0.497 e. The first-order valence-electron chi connectivity index (χ1n) is 8.28. The molecule has 0 spiro atoms. The van der Waals surface area contributed by atoms with E-state index in [4.69, 9.17) is 9.47 Å². The van der Waals surface area contributed by atoms with Crippen LogP contribution in [-0.2, 0) is 11.2 Å². The van der Waals surface area contributed by atoms with Gasteiger partial charge in [0.15, 0.2) is 5.82 Å². The van der Waals surface area contributed by atoms with Crippen LogP contribution >= 0.6 is 0 Å². The summed E-state index contributed by atoms with van der Waals surface area (Å²) in [5.74, 6) is -1.94. The first-order valence-corrected chi connectivity index (χ1v) is 8.28. The minimum atomic E-state index is -0.911. The number of aromatic amines is 1. The maximum Gasteiger partial charge on any atom is 0.343 e. The number of rotatable bonds is 5. The molecule has 0 aliphatic carbocycles. The van der Waals surface area contributed by atoms with E-state index >= 15 is 0 Å². The quantitative estimate of drug-likeness (QED) is 0.694. The Morgan fingerprint density at radius 3 is 2.70 bits per heavy atom. The second-order valence-corrected chi connectivity index (χ2v) is 5.86. The Morgan fingerprint density at radius 2 is 2.00 bits per heavy atom. The average Bonchev–Trinajstić information content (AvgIpc) is 2.66. The fraction of sp³-hybridized carbons (Fsp3) is 0.200. The lowest BCUT2D eigenvalue weighted by atomic mass is 10.0. The first kappa shape index (κ1) is 18.6. The maximum atomic E-state index is 14.9. The summed E-state index contributed by atoms with van der Waals surface area (Å²) in [6.07, 6.45) is 1.15. The molecule has 7 heteroatoms. The number of hydrogen-bond donors (Lipinski definition) is 1. The van der Waals surface area contributed by atoms with Crippen LogP contribution in [0.15, 0.2) is 41.3 Å². The molecule has 0 saturated heterocycles. The first-order chi connectivity index (χ1) is 13.0. The lowest BCUT2D eigenvalue weighted by molar-refractivity contribution is 0.0524. The van der Waals surface area contributed by atoms with Crippen LogP contribution in [0.3, 0.4) is 0 Å². The standard InChI is InChI=1S/C20H17F2NO4/c1-3-27-20(25)14-10-23-18-16(19(14)24)15(21)9-12(17(18)22)7-11-5-4-6-13(8-11)26-2/h4-6,8-10H,3,7H2,1-2H3,(H,23,24). The zero-order chi connectivity index (χ0) is 19.6. The number of H-pyrrole nitrogens is 1. The number of aromatic nitrogens is 1. The second kappa shape index (κ2) is 7.57. The minimum absolute atomic E-state index is 0.0621. The molecular formula is C20H17F2NO4. The monoisotopic (exact) mass is 373 g/mol. The van der Waals surface area contributed by atoms with Gasteiger partial charge in [-0.15, -0.1) is 0 Å². The predicted molar refractivity (Wildman–Crippen MR) is 96.2 cm³/mol. The van der Waals surface area contributed by atoms with Crippen LogP contribution in [0.4, 0.5) is 8.78 Å². The number of pyridine rings is 1. The molecule has 0 bridgehead atoms. The number of ether oxygens (including phenoxy) is 2. The highest BCUT2D eigenvalue weighted by Crippen LogP contribution is 2.24. The van der Waals surface area contributed by atoms with E-state index < -0.39 is 28.4 Å². The fourth-order valence-corrected chi connectivity index (χ4v) is 2.87. The molecule has 1 aromatic heterocycles.